The lowest BCUT2D eigenvalue weighted by Gasteiger charge is -2.15. The molecule has 26 heavy (non-hydrogen) atoms. The van der Waals surface area contributed by atoms with Crippen LogP contribution in [-0.2, 0) is 10.0 Å². The second-order valence-electron chi connectivity index (χ2n) is 5.61. The van der Waals surface area contributed by atoms with Gasteiger partial charge in [0.1, 0.15) is 16.1 Å². The van der Waals surface area contributed by atoms with Crippen molar-refractivity contribution in [2.45, 2.75) is 23.8 Å². The third-order valence-corrected chi connectivity index (χ3v) is 6.43. The third kappa shape index (κ3) is 4.58. The number of anilines is 1. The summed E-state index contributed by atoms with van der Waals surface area (Å²) in [4.78, 5) is 8.08. The van der Waals surface area contributed by atoms with Gasteiger partial charge < -0.3 is 10.1 Å². The summed E-state index contributed by atoms with van der Waals surface area (Å²) in [5.74, 6) is 0.0528. The first-order valence-electron chi connectivity index (χ1n) is 7.72. The number of hydrogen-bond acceptors (Lipinski definition) is 6. The van der Waals surface area contributed by atoms with E-state index >= 15 is 0 Å². The highest BCUT2D eigenvalue weighted by Gasteiger charge is 2.23. The van der Waals surface area contributed by atoms with Crippen LogP contribution in [0.25, 0.3) is 0 Å². The normalized spacial score (nSPS) is 17.3. The minimum atomic E-state index is -4.02. The number of aromatic nitrogens is 2. The minimum Gasteiger partial charge on any atom is -0.473 e. The number of ether oxygens (including phenoxy) is 1. The number of halogens is 3. The fourth-order valence-electron chi connectivity index (χ4n) is 2.47. The molecule has 1 atom stereocenters. The van der Waals surface area contributed by atoms with E-state index in [9.17, 15) is 8.42 Å². The van der Waals surface area contributed by atoms with Crippen molar-refractivity contribution in [2.24, 2.45) is 0 Å². The molecule has 1 aliphatic heterocycles. The second kappa shape index (κ2) is 8.26. The predicted molar refractivity (Wildman–Crippen MR) is 104 cm³/mol. The molecule has 140 valence electrons. The standard InChI is InChI=1S/C15H15BrCl2N4O3S/c16-12-7-20-14(15(21-12)25-8-9-3-2-6-19-9)22-26(23,24)11-5-1-4-10(17)13(11)18/h1,4-5,7,9,19H,2-3,6,8H2,(H,20,22)/t9-/m0/s1. The highest BCUT2D eigenvalue weighted by atomic mass is 79.9. The molecule has 0 radical (unpaired) electrons. The second-order valence-corrected chi connectivity index (χ2v) is 8.86. The largest absolute Gasteiger partial charge is 0.473 e. The lowest BCUT2D eigenvalue weighted by molar-refractivity contribution is 0.267. The Balaban J connectivity index is 1.85. The van der Waals surface area contributed by atoms with Crippen molar-refractivity contribution in [3.05, 3.63) is 39.0 Å². The van der Waals surface area contributed by atoms with Gasteiger partial charge in [0, 0.05) is 6.04 Å². The van der Waals surface area contributed by atoms with Crippen molar-refractivity contribution in [1.82, 2.24) is 15.3 Å². The smallest absolute Gasteiger partial charge is 0.264 e. The van der Waals surface area contributed by atoms with Crippen LogP contribution in [0.4, 0.5) is 5.82 Å². The number of benzene rings is 1. The average molecular weight is 482 g/mol. The summed E-state index contributed by atoms with van der Waals surface area (Å²) in [5.41, 5.74) is 0. The average Bonchev–Trinajstić information content (AvgIpc) is 3.10. The molecular weight excluding hydrogens is 467 g/mol. The third-order valence-electron chi connectivity index (χ3n) is 3.73. The number of nitrogens with zero attached hydrogens (tertiary/aromatic N) is 2. The zero-order chi connectivity index (χ0) is 18.7. The summed E-state index contributed by atoms with van der Waals surface area (Å²) >= 11 is 15.1. The maximum Gasteiger partial charge on any atom is 0.264 e. The summed E-state index contributed by atoms with van der Waals surface area (Å²) in [6.07, 6.45) is 3.43. The molecule has 2 N–H and O–H groups in total. The van der Waals surface area contributed by atoms with Gasteiger partial charge in [0.2, 0.25) is 5.82 Å². The van der Waals surface area contributed by atoms with E-state index in [2.05, 4.69) is 35.9 Å². The maximum absolute atomic E-state index is 12.7. The van der Waals surface area contributed by atoms with Crippen LogP contribution in [-0.4, -0.2) is 37.6 Å². The lowest BCUT2D eigenvalue weighted by atomic mass is 10.2. The molecule has 2 heterocycles. The van der Waals surface area contributed by atoms with Crippen molar-refractivity contribution in [1.29, 1.82) is 0 Å². The Bertz CT molecular complexity index is 908. The number of sulfonamides is 1. The monoisotopic (exact) mass is 480 g/mol. The van der Waals surface area contributed by atoms with E-state index in [-0.39, 0.29) is 32.7 Å². The molecule has 0 amide bonds. The molecular formula is C15H15BrCl2N4O3S. The van der Waals surface area contributed by atoms with Gasteiger partial charge in [-0.15, -0.1) is 0 Å². The Labute approximate surface area is 169 Å². The van der Waals surface area contributed by atoms with E-state index in [0.717, 1.165) is 19.4 Å². The van der Waals surface area contributed by atoms with E-state index in [1.165, 1.54) is 24.4 Å². The van der Waals surface area contributed by atoms with E-state index in [1.54, 1.807) is 0 Å². The van der Waals surface area contributed by atoms with E-state index in [4.69, 9.17) is 27.9 Å². The van der Waals surface area contributed by atoms with Gasteiger partial charge in [-0.1, -0.05) is 29.3 Å². The van der Waals surface area contributed by atoms with Crippen LogP contribution in [0.2, 0.25) is 10.0 Å². The molecule has 1 saturated heterocycles. The van der Waals surface area contributed by atoms with Gasteiger partial charge in [-0.05, 0) is 47.4 Å². The van der Waals surface area contributed by atoms with Gasteiger partial charge in [0.15, 0.2) is 0 Å². The Kier molecular flexibility index (Phi) is 6.24. The molecule has 2 aromatic rings. The fraction of sp³-hybridized carbons (Fsp3) is 0.333. The van der Waals surface area contributed by atoms with Crippen molar-refractivity contribution in [3.8, 4) is 5.88 Å². The summed E-state index contributed by atoms with van der Waals surface area (Å²) in [6, 6.07) is 4.55. The first kappa shape index (κ1) is 19.6. The van der Waals surface area contributed by atoms with Crippen molar-refractivity contribution in [3.63, 3.8) is 0 Å². The zero-order valence-electron chi connectivity index (χ0n) is 13.4. The van der Waals surface area contributed by atoms with E-state index in [1.807, 2.05) is 0 Å². The van der Waals surface area contributed by atoms with Crippen molar-refractivity contribution in [2.75, 3.05) is 17.9 Å². The number of rotatable bonds is 6. The van der Waals surface area contributed by atoms with Gasteiger partial charge in [-0.25, -0.2) is 18.4 Å². The summed E-state index contributed by atoms with van der Waals surface area (Å²) in [7, 11) is -4.02. The quantitative estimate of drug-likeness (QED) is 0.656. The van der Waals surface area contributed by atoms with Gasteiger partial charge >= 0.3 is 0 Å². The summed E-state index contributed by atoms with van der Waals surface area (Å²) in [6.45, 7) is 1.29. The molecule has 0 aliphatic carbocycles. The molecule has 1 aliphatic rings. The molecule has 11 heteroatoms. The fourth-order valence-corrected chi connectivity index (χ4v) is 4.51. The van der Waals surface area contributed by atoms with Gasteiger partial charge in [0.05, 0.1) is 16.2 Å². The van der Waals surface area contributed by atoms with Gasteiger partial charge in [-0.3, -0.25) is 4.72 Å². The van der Waals surface area contributed by atoms with Crippen molar-refractivity contribution < 1.29 is 13.2 Å². The van der Waals surface area contributed by atoms with Crippen LogP contribution in [0.5, 0.6) is 5.88 Å². The first-order chi connectivity index (χ1) is 12.4. The molecule has 0 bridgehead atoms. The van der Waals surface area contributed by atoms with Crippen molar-refractivity contribution >= 4 is 55.0 Å². The van der Waals surface area contributed by atoms with Gasteiger partial charge in [0.25, 0.3) is 15.9 Å². The lowest BCUT2D eigenvalue weighted by Crippen LogP contribution is -2.28. The number of nitrogens with one attached hydrogen (secondary N) is 2. The highest BCUT2D eigenvalue weighted by Crippen LogP contribution is 2.31. The zero-order valence-corrected chi connectivity index (χ0v) is 17.3. The molecule has 0 spiro atoms. The van der Waals surface area contributed by atoms with Crippen LogP contribution in [0.1, 0.15) is 12.8 Å². The van der Waals surface area contributed by atoms with Crippen LogP contribution in [0.3, 0.4) is 0 Å². The van der Waals surface area contributed by atoms with E-state index in [0.29, 0.717) is 11.2 Å². The Morgan fingerprint density at radius 1 is 1.38 bits per heavy atom. The van der Waals surface area contributed by atoms with Crippen LogP contribution >= 0.6 is 39.1 Å². The highest BCUT2D eigenvalue weighted by molar-refractivity contribution is 9.10. The summed E-state index contributed by atoms with van der Waals surface area (Å²) < 4.78 is 33.8. The van der Waals surface area contributed by atoms with Gasteiger partial charge in [-0.2, -0.15) is 0 Å². The van der Waals surface area contributed by atoms with Crippen LogP contribution in [0, 0.1) is 0 Å². The predicted octanol–water partition coefficient (Wildman–Crippen LogP) is 3.48. The molecule has 0 saturated carbocycles. The molecule has 0 unspecified atom stereocenters. The maximum atomic E-state index is 12.7. The van der Waals surface area contributed by atoms with E-state index < -0.39 is 10.0 Å². The molecule has 3 rings (SSSR count). The van der Waals surface area contributed by atoms with Crippen LogP contribution in [0.15, 0.2) is 33.9 Å². The molecule has 1 aromatic carbocycles. The Morgan fingerprint density at radius 3 is 2.92 bits per heavy atom. The molecule has 1 aromatic heterocycles. The topological polar surface area (TPSA) is 93.2 Å². The summed E-state index contributed by atoms with van der Waals surface area (Å²) in [5, 5.41) is 3.37. The van der Waals surface area contributed by atoms with Crippen LogP contribution < -0.4 is 14.8 Å². The Morgan fingerprint density at radius 2 is 2.19 bits per heavy atom. The molecule has 1 fully saturated rings. The Hall–Kier alpha value is -1.13. The minimum absolute atomic E-state index is 0.0257. The number of hydrogen-bond donors (Lipinski definition) is 2. The molecule has 7 nitrogen and oxygen atoms in total. The SMILES string of the molecule is O=S(=O)(Nc1ncc(Br)nc1OC[C@@H]1CCCN1)c1cccc(Cl)c1Cl. The first-order valence-corrected chi connectivity index (χ1v) is 10.8.